The van der Waals surface area contributed by atoms with E-state index in [9.17, 15) is 9.50 Å². The smallest absolute Gasteiger partial charge is 0.172 e. The molecule has 0 unspecified atom stereocenters. The predicted octanol–water partition coefficient (Wildman–Crippen LogP) is 4.56. The Morgan fingerprint density at radius 3 is 2.50 bits per heavy atom. The van der Waals surface area contributed by atoms with Crippen molar-refractivity contribution in [3.05, 3.63) is 47.0 Å². The number of rotatable bonds is 5. The maximum absolute atomic E-state index is 14.0. The Morgan fingerprint density at radius 1 is 1.17 bits per heavy atom. The number of nitrogens with zero attached hydrogens (tertiary/aromatic N) is 4. The first-order valence-corrected chi connectivity index (χ1v) is 12.6. The number of fused-ring (bicyclic) bond motifs is 1. The van der Waals surface area contributed by atoms with Crippen LogP contribution in [0.1, 0.15) is 45.2 Å². The lowest BCUT2D eigenvalue weighted by atomic mass is 10.0. The lowest BCUT2D eigenvalue weighted by Gasteiger charge is -2.33. The van der Waals surface area contributed by atoms with Crippen molar-refractivity contribution < 1.29 is 19.0 Å². The van der Waals surface area contributed by atoms with Gasteiger partial charge in [0.05, 0.1) is 17.3 Å². The molecule has 194 valence electrons. The Balaban J connectivity index is 0.000000543. The Labute approximate surface area is 215 Å². The molecule has 0 atom stereocenters. The number of hydrogen-bond donors (Lipinski definition) is 2. The van der Waals surface area contributed by atoms with Gasteiger partial charge in [-0.05, 0) is 51.0 Å². The van der Waals surface area contributed by atoms with E-state index in [0.717, 1.165) is 18.9 Å². The predicted molar refractivity (Wildman–Crippen MR) is 139 cm³/mol. The minimum Gasteiger partial charge on any atom is -0.487 e. The highest BCUT2D eigenvalue weighted by Crippen LogP contribution is 2.29. The number of hydrogen-bond acceptors (Lipinski definition) is 8. The van der Waals surface area contributed by atoms with Crippen LogP contribution in [0.2, 0.25) is 5.02 Å². The van der Waals surface area contributed by atoms with Crippen molar-refractivity contribution in [3.63, 3.8) is 0 Å². The number of nitrogens with two attached hydrogens (primary N) is 1. The molecule has 0 bridgehead atoms. The van der Waals surface area contributed by atoms with Crippen molar-refractivity contribution >= 4 is 34.3 Å². The second-order valence-corrected chi connectivity index (χ2v) is 10.2. The molecular weight excluding hydrogens is 485 g/mol. The van der Waals surface area contributed by atoms with E-state index in [1.165, 1.54) is 18.9 Å². The molecule has 4 heterocycles. The lowest BCUT2D eigenvalue weighted by molar-refractivity contribution is 0.0800. The molecule has 10 heteroatoms. The molecule has 3 N–H and O–H groups in total. The van der Waals surface area contributed by atoms with Crippen LogP contribution < -0.4 is 15.4 Å². The summed E-state index contributed by atoms with van der Waals surface area (Å²) < 4.78 is 24.8. The summed E-state index contributed by atoms with van der Waals surface area (Å²) in [5.41, 5.74) is 7.37. The highest BCUT2D eigenvalue weighted by molar-refractivity contribution is 6.30. The summed E-state index contributed by atoms with van der Waals surface area (Å²) in [4.78, 5) is 15.6. The van der Waals surface area contributed by atoms with Gasteiger partial charge >= 0.3 is 0 Å². The number of pyridine rings is 1. The van der Waals surface area contributed by atoms with Crippen LogP contribution in [-0.2, 0) is 11.2 Å². The second-order valence-electron chi connectivity index (χ2n) is 9.78. The van der Waals surface area contributed by atoms with Crippen molar-refractivity contribution in [2.24, 2.45) is 0 Å². The Hall–Kier alpha value is -2.75. The number of aliphatic hydroxyl groups is 1. The van der Waals surface area contributed by atoms with E-state index in [-0.39, 0.29) is 11.9 Å². The van der Waals surface area contributed by atoms with E-state index in [1.54, 1.807) is 38.2 Å². The molecule has 1 aromatic carbocycles. The zero-order chi connectivity index (χ0) is 25.7. The Morgan fingerprint density at radius 2 is 1.89 bits per heavy atom. The third-order valence-corrected chi connectivity index (χ3v) is 6.22. The number of piperidine rings is 1. The van der Waals surface area contributed by atoms with Gasteiger partial charge in [0.15, 0.2) is 23.2 Å². The van der Waals surface area contributed by atoms with Crippen molar-refractivity contribution in [1.29, 1.82) is 0 Å². The number of halogens is 2. The first-order valence-electron chi connectivity index (χ1n) is 12.3. The molecule has 0 spiro atoms. The highest BCUT2D eigenvalue weighted by atomic mass is 35.5. The van der Waals surface area contributed by atoms with Gasteiger partial charge < -0.3 is 25.2 Å². The Kier molecular flexibility index (Phi) is 8.43. The zero-order valence-corrected chi connectivity index (χ0v) is 21.5. The maximum Gasteiger partial charge on any atom is 0.172 e. The summed E-state index contributed by atoms with van der Waals surface area (Å²) in [6.45, 7) is 6.79. The van der Waals surface area contributed by atoms with E-state index < -0.39 is 11.4 Å². The van der Waals surface area contributed by atoms with Gasteiger partial charge in [-0.1, -0.05) is 11.6 Å². The second kappa shape index (κ2) is 11.5. The quantitative estimate of drug-likeness (QED) is 0.507. The van der Waals surface area contributed by atoms with Crippen molar-refractivity contribution in [2.75, 3.05) is 36.9 Å². The van der Waals surface area contributed by atoms with Gasteiger partial charge in [-0.2, -0.15) is 0 Å². The number of benzene rings is 1. The molecule has 0 radical (unpaired) electrons. The minimum atomic E-state index is -0.860. The summed E-state index contributed by atoms with van der Waals surface area (Å²) in [5, 5.41) is 10.3. The largest absolute Gasteiger partial charge is 0.487 e. The lowest BCUT2D eigenvalue weighted by Crippen LogP contribution is -2.39. The first kappa shape index (κ1) is 26.3. The van der Waals surface area contributed by atoms with Gasteiger partial charge in [0.25, 0.3) is 0 Å². The molecule has 0 aliphatic carbocycles. The molecule has 2 fully saturated rings. The van der Waals surface area contributed by atoms with E-state index in [0.29, 0.717) is 60.0 Å². The van der Waals surface area contributed by atoms with E-state index in [2.05, 4.69) is 19.9 Å². The molecule has 0 saturated carbocycles. The molecule has 36 heavy (non-hydrogen) atoms. The fraction of sp³-hybridized carbons (Fsp3) is 0.500. The normalized spacial score (nSPS) is 16.6. The summed E-state index contributed by atoms with van der Waals surface area (Å²) in [7, 11) is 0. The fourth-order valence-corrected chi connectivity index (χ4v) is 4.38. The standard InChI is InChI=1S/C22H25ClFN5O2.C4H8O/c1-22(2,30)11-14-10-17-18(12-26-14)28-21(20(25)27-17)29-7-5-15(6-8-29)31-19-4-3-13(23)9-16(19)24;1-2-4-5-3-1/h3-4,9-10,12,15,30H,5-8,11H2,1-2H3,(H2,25,27);1-4H2. The number of aromatic nitrogens is 3. The maximum atomic E-state index is 14.0. The third kappa shape index (κ3) is 7.15. The van der Waals surface area contributed by atoms with Gasteiger partial charge in [0, 0.05) is 56.3 Å². The minimum absolute atomic E-state index is 0.104. The number of anilines is 2. The summed E-state index contributed by atoms with van der Waals surface area (Å²) in [5.74, 6) is 0.702. The summed E-state index contributed by atoms with van der Waals surface area (Å²) in [6.07, 6.45) is 5.92. The molecule has 8 nitrogen and oxygen atoms in total. The van der Waals surface area contributed by atoms with Gasteiger partial charge in [-0.15, -0.1) is 0 Å². The van der Waals surface area contributed by atoms with Crippen molar-refractivity contribution in [2.45, 2.75) is 57.7 Å². The molecule has 3 aromatic rings. The fourth-order valence-electron chi connectivity index (χ4n) is 4.22. The molecule has 2 saturated heterocycles. The number of ether oxygens (including phenoxy) is 2. The molecule has 5 rings (SSSR count). The molecule has 2 aromatic heterocycles. The summed E-state index contributed by atoms with van der Waals surface area (Å²) >= 11 is 5.80. The van der Waals surface area contributed by atoms with Crippen LogP contribution >= 0.6 is 11.6 Å². The third-order valence-electron chi connectivity index (χ3n) is 5.98. The Bertz CT molecular complexity index is 1170. The van der Waals surface area contributed by atoms with Gasteiger partial charge in [-0.25, -0.2) is 14.4 Å². The van der Waals surface area contributed by atoms with Crippen LogP contribution in [0.25, 0.3) is 11.0 Å². The van der Waals surface area contributed by atoms with Crippen LogP contribution in [0, 0.1) is 5.82 Å². The summed E-state index contributed by atoms with van der Waals surface area (Å²) in [6, 6.07) is 6.22. The molecule has 2 aliphatic rings. The van der Waals surface area contributed by atoms with E-state index >= 15 is 0 Å². The molecule has 2 aliphatic heterocycles. The van der Waals surface area contributed by atoms with E-state index in [1.807, 2.05) is 0 Å². The zero-order valence-electron chi connectivity index (χ0n) is 20.7. The van der Waals surface area contributed by atoms with Crippen molar-refractivity contribution in [3.8, 4) is 5.75 Å². The first-order chi connectivity index (χ1) is 17.2. The number of nitrogen functional groups attached to an aromatic ring is 1. The average Bonchev–Trinajstić information content (AvgIpc) is 3.40. The monoisotopic (exact) mass is 517 g/mol. The van der Waals surface area contributed by atoms with Crippen molar-refractivity contribution in [1.82, 2.24) is 15.0 Å². The van der Waals surface area contributed by atoms with E-state index in [4.69, 9.17) is 26.8 Å². The van der Waals surface area contributed by atoms with Crippen LogP contribution in [0.15, 0.2) is 30.5 Å². The van der Waals surface area contributed by atoms with Crippen LogP contribution in [0.4, 0.5) is 16.0 Å². The average molecular weight is 518 g/mol. The van der Waals surface area contributed by atoms with Gasteiger partial charge in [0.2, 0.25) is 0 Å². The topological polar surface area (TPSA) is 107 Å². The SMILES string of the molecule is C1CCOC1.CC(C)(O)Cc1cc2nc(N)c(N3CCC(Oc4ccc(Cl)cc4F)CC3)nc2cn1. The van der Waals surface area contributed by atoms with Gasteiger partial charge in [-0.3, -0.25) is 4.98 Å². The van der Waals surface area contributed by atoms with Crippen LogP contribution in [-0.4, -0.2) is 58.1 Å². The van der Waals surface area contributed by atoms with Gasteiger partial charge in [0.1, 0.15) is 11.6 Å². The van der Waals surface area contributed by atoms with Crippen LogP contribution in [0.5, 0.6) is 5.75 Å². The molecule has 0 amide bonds. The molecular formula is C26H33ClFN5O3. The van der Waals surface area contributed by atoms with Crippen LogP contribution in [0.3, 0.4) is 0 Å². The highest BCUT2D eigenvalue weighted by Gasteiger charge is 2.25.